The molecule has 1 aromatic carbocycles. The number of ether oxygens (including phenoxy) is 1. The summed E-state index contributed by atoms with van der Waals surface area (Å²) in [5, 5.41) is 12.2. The van der Waals surface area contributed by atoms with E-state index in [2.05, 4.69) is 11.4 Å². The number of unbranched alkanes of at least 4 members (excludes halogenated alkanes) is 1. The van der Waals surface area contributed by atoms with E-state index in [-0.39, 0.29) is 0 Å². The Morgan fingerprint density at radius 1 is 1.35 bits per heavy atom. The summed E-state index contributed by atoms with van der Waals surface area (Å²) in [6.45, 7) is 4.74. The Balaban J connectivity index is 2.30. The molecule has 92 valence electrons. The molecule has 0 fully saturated rings. The van der Waals surface area contributed by atoms with Gasteiger partial charge in [-0.1, -0.05) is 6.07 Å². The monoisotopic (exact) mass is 232 g/mol. The van der Waals surface area contributed by atoms with E-state index in [4.69, 9.17) is 10.00 Å². The lowest BCUT2D eigenvalue weighted by atomic mass is 10.1. The number of rotatable bonds is 7. The van der Waals surface area contributed by atoms with Gasteiger partial charge in [0.25, 0.3) is 0 Å². The molecule has 0 amide bonds. The molecule has 0 saturated heterocycles. The Hall–Kier alpha value is -1.37. The molecule has 0 atom stereocenters. The Morgan fingerprint density at radius 2 is 2.18 bits per heavy atom. The van der Waals surface area contributed by atoms with E-state index in [0.717, 1.165) is 38.1 Å². The molecule has 17 heavy (non-hydrogen) atoms. The van der Waals surface area contributed by atoms with Crippen molar-refractivity contribution in [3.8, 4) is 6.07 Å². The SMILES string of the molecule is COCCCCNCc1ccc(C#N)cc1C. The molecule has 3 nitrogen and oxygen atoms in total. The molecule has 0 radical (unpaired) electrons. The van der Waals surface area contributed by atoms with E-state index < -0.39 is 0 Å². The third kappa shape index (κ3) is 4.99. The largest absolute Gasteiger partial charge is 0.385 e. The first-order chi connectivity index (χ1) is 8.27. The Kier molecular flexibility index (Phi) is 6.31. The number of nitrogens with zero attached hydrogens (tertiary/aromatic N) is 1. The first-order valence-electron chi connectivity index (χ1n) is 5.97. The van der Waals surface area contributed by atoms with Gasteiger partial charge in [0.05, 0.1) is 11.6 Å². The van der Waals surface area contributed by atoms with Crippen LogP contribution in [0.25, 0.3) is 0 Å². The predicted octanol–water partition coefficient (Wildman–Crippen LogP) is 2.38. The lowest BCUT2D eigenvalue weighted by Crippen LogP contribution is -2.15. The standard InChI is InChI=1S/C14H20N2O/c1-12-9-13(10-15)5-6-14(12)11-16-7-3-4-8-17-2/h5-6,9,16H,3-4,7-8,11H2,1-2H3. The number of hydrogen-bond acceptors (Lipinski definition) is 3. The zero-order valence-corrected chi connectivity index (χ0v) is 10.6. The van der Waals surface area contributed by atoms with E-state index in [1.165, 1.54) is 11.1 Å². The first kappa shape index (κ1) is 13.7. The summed E-state index contributed by atoms with van der Waals surface area (Å²) in [6.07, 6.45) is 2.22. The number of hydrogen-bond donors (Lipinski definition) is 1. The quantitative estimate of drug-likeness (QED) is 0.734. The molecule has 0 aliphatic rings. The van der Waals surface area contributed by atoms with Gasteiger partial charge in [0, 0.05) is 20.3 Å². The van der Waals surface area contributed by atoms with Gasteiger partial charge >= 0.3 is 0 Å². The van der Waals surface area contributed by atoms with Crippen molar-refractivity contribution < 1.29 is 4.74 Å². The summed E-state index contributed by atoms with van der Waals surface area (Å²) < 4.78 is 4.99. The van der Waals surface area contributed by atoms with Crippen molar-refractivity contribution >= 4 is 0 Å². The summed E-state index contributed by atoms with van der Waals surface area (Å²) in [7, 11) is 1.73. The second-order valence-electron chi connectivity index (χ2n) is 4.13. The second-order valence-corrected chi connectivity index (χ2v) is 4.13. The number of methoxy groups -OCH3 is 1. The number of aryl methyl sites for hydroxylation is 1. The predicted molar refractivity (Wildman–Crippen MR) is 68.7 cm³/mol. The lowest BCUT2D eigenvalue weighted by molar-refractivity contribution is 0.192. The van der Waals surface area contributed by atoms with Crippen molar-refractivity contribution in [2.45, 2.75) is 26.3 Å². The minimum Gasteiger partial charge on any atom is -0.385 e. The Labute approximate surface area is 103 Å². The fraction of sp³-hybridized carbons (Fsp3) is 0.500. The lowest BCUT2D eigenvalue weighted by Gasteiger charge is -2.08. The van der Waals surface area contributed by atoms with E-state index in [1.807, 2.05) is 25.1 Å². The maximum atomic E-state index is 8.77. The number of benzene rings is 1. The fourth-order valence-electron chi connectivity index (χ4n) is 1.68. The van der Waals surface area contributed by atoms with Crippen LogP contribution in [-0.4, -0.2) is 20.3 Å². The molecule has 3 heteroatoms. The van der Waals surface area contributed by atoms with Crippen LogP contribution in [0.2, 0.25) is 0 Å². The number of nitrogens with one attached hydrogen (secondary N) is 1. The highest BCUT2D eigenvalue weighted by Crippen LogP contribution is 2.10. The Morgan fingerprint density at radius 3 is 2.82 bits per heavy atom. The van der Waals surface area contributed by atoms with Gasteiger partial charge in [-0.3, -0.25) is 0 Å². The van der Waals surface area contributed by atoms with Gasteiger partial charge in [-0.05, 0) is 49.6 Å². The van der Waals surface area contributed by atoms with Crippen molar-refractivity contribution in [3.63, 3.8) is 0 Å². The normalized spacial score (nSPS) is 10.2. The maximum absolute atomic E-state index is 8.77. The molecule has 1 aromatic rings. The van der Waals surface area contributed by atoms with Crippen LogP contribution < -0.4 is 5.32 Å². The summed E-state index contributed by atoms with van der Waals surface area (Å²) in [4.78, 5) is 0. The molecule has 0 aromatic heterocycles. The molecule has 1 N–H and O–H groups in total. The van der Waals surface area contributed by atoms with Gasteiger partial charge in [-0.15, -0.1) is 0 Å². The van der Waals surface area contributed by atoms with Crippen LogP contribution in [0.3, 0.4) is 0 Å². The highest BCUT2D eigenvalue weighted by Gasteiger charge is 1.99. The zero-order chi connectivity index (χ0) is 12.5. The topological polar surface area (TPSA) is 45.0 Å². The molecule has 1 rings (SSSR count). The smallest absolute Gasteiger partial charge is 0.0991 e. The molecule has 0 unspecified atom stereocenters. The van der Waals surface area contributed by atoms with Crippen molar-refractivity contribution in [1.82, 2.24) is 5.32 Å². The van der Waals surface area contributed by atoms with Crippen LogP contribution in [0.1, 0.15) is 29.5 Å². The third-order valence-corrected chi connectivity index (χ3v) is 2.74. The molecular formula is C14H20N2O. The van der Waals surface area contributed by atoms with Crippen LogP contribution in [0.15, 0.2) is 18.2 Å². The molecule has 0 bridgehead atoms. The summed E-state index contributed by atoms with van der Waals surface area (Å²) in [5.41, 5.74) is 3.16. The molecule has 0 saturated carbocycles. The van der Waals surface area contributed by atoms with E-state index in [9.17, 15) is 0 Å². The van der Waals surface area contributed by atoms with E-state index in [0.29, 0.717) is 0 Å². The fourth-order valence-corrected chi connectivity index (χ4v) is 1.68. The van der Waals surface area contributed by atoms with Crippen molar-refractivity contribution in [1.29, 1.82) is 5.26 Å². The molecular weight excluding hydrogens is 212 g/mol. The van der Waals surface area contributed by atoms with E-state index in [1.54, 1.807) is 7.11 Å². The highest BCUT2D eigenvalue weighted by molar-refractivity contribution is 5.37. The molecule has 0 heterocycles. The highest BCUT2D eigenvalue weighted by atomic mass is 16.5. The van der Waals surface area contributed by atoms with Crippen LogP contribution in [0.5, 0.6) is 0 Å². The van der Waals surface area contributed by atoms with Gasteiger partial charge in [-0.25, -0.2) is 0 Å². The van der Waals surface area contributed by atoms with Crippen LogP contribution in [0.4, 0.5) is 0 Å². The zero-order valence-electron chi connectivity index (χ0n) is 10.6. The van der Waals surface area contributed by atoms with Crippen molar-refractivity contribution in [2.24, 2.45) is 0 Å². The van der Waals surface area contributed by atoms with Gasteiger partial charge in [0.2, 0.25) is 0 Å². The summed E-state index contributed by atoms with van der Waals surface area (Å²) >= 11 is 0. The minimum atomic E-state index is 0.728. The van der Waals surface area contributed by atoms with Gasteiger partial charge < -0.3 is 10.1 Å². The first-order valence-corrected chi connectivity index (χ1v) is 5.97. The minimum absolute atomic E-state index is 0.728. The number of nitriles is 1. The van der Waals surface area contributed by atoms with Crippen LogP contribution in [0, 0.1) is 18.3 Å². The maximum Gasteiger partial charge on any atom is 0.0991 e. The average molecular weight is 232 g/mol. The third-order valence-electron chi connectivity index (χ3n) is 2.74. The van der Waals surface area contributed by atoms with Gasteiger partial charge in [0.1, 0.15) is 0 Å². The van der Waals surface area contributed by atoms with Crippen molar-refractivity contribution in [3.05, 3.63) is 34.9 Å². The molecule has 0 aliphatic heterocycles. The van der Waals surface area contributed by atoms with Crippen LogP contribution in [-0.2, 0) is 11.3 Å². The van der Waals surface area contributed by atoms with Gasteiger partial charge in [-0.2, -0.15) is 5.26 Å². The average Bonchev–Trinajstić information content (AvgIpc) is 2.35. The Bertz CT molecular complexity index is 382. The summed E-state index contributed by atoms with van der Waals surface area (Å²) in [5.74, 6) is 0. The summed E-state index contributed by atoms with van der Waals surface area (Å²) in [6, 6.07) is 7.98. The van der Waals surface area contributed by atoms with Crippen molar-refractivity contribution in [2.75, 3.05) is 20.3 Å². The van der Waals surface area contributed by atoms with Gasteiger partial charge in [0.15, 0.2) is 0 Å². The molecule has 0 spiro atoms. The molecule has 0 aliphatic carbocycles. The second kappa shape index (κ2) is 7.83. The van der Waals surface area contributed by atoms with E-state index >= 15 is 0 Å². The van der Waals surface area contributed by atoms with Crippen LogP contribution >= 0.6 is 0 Å².